The molecule has 0 saturated heterocycles. The fourth-order valence-electron chi connectivity index (χ4n) is 2.05. The molecule has 0 fully saturated rings. The molecule has 0 spiro atoms. The number of benzene rings is 1. The van der Waals surface area contributed by atoms with Crippen LogP contribution < -0.4 is 20.9 Å². The Labute approximate surface area is 123 Å². The van der Waals surface area contributed by atoms with E-state index in [2.05, 4.69) is 4.98 Å². The Morgan fingerprint density at radius 1 is 1.43 bits per heavy atom. The second-order valence-corrected chi connectivity index (χ2v) is 4.66. The number of rotatable bonds is 6. The third-order valence-corrected chi connectivity index (χ3v) is 3.21. The molecule has 0 amide bonds. The van der Waals surface area contributed by atoms with Gasteiger partial charge < -0.3 is 19.9 Å². The predicted octanol–water partition coefficient (Wildman–Crippen LogP) is 1.28. The van der Waals surface area contributed by atoms with Gasteiger partial charge in [0.25, 0.3) is 5.56 Å². The van der Waals surface area contributed by atoms with Crippen molar-refractivity contribution in [2.45, 2.75) is 6.42 Å². The maximum atomic E-state index is 12.3. The second-order valence-electron chi connectivity index (χ2n) is 4.66. The minimum absolute atomic E-state index is 0.141. The molecule has 0 unspecified atom stereocenters. The van der Waals surface area contributed by atoms with Crippen molar-refractivity contribution in [3.63, 3.8) is 0 Å². The van der Waals surface area contributed by atoms with Gasteiger partial charge in [-0.05, 0) is 25.1 Å². The van der Waals surface area contributed by atoms with Crippen LogP contribution in [0.3, 0.4) is 0 Å². The Morgan fingerprint density at radius 2 is 2.24 bits per heavy atom. The molecule has 0 bridgehead atoms. The molecule has 6 heteroatoms. The molecule has 1 heterocycles. The standard InChI is InChI=1S/C15H20N4O2/c1-18-10-8-17-14(15(18)20)19(9-4-7-16)12-5-3-6-13(11-12)21-2/h3,5-6,8,10-11H,4,7,9,16H2,1-2H3. The van der Waals surface area contributed by atoms with Gasteiger partial charge in [0.05, 0.1) is 7.11 Å². The molecule has 2 N–H and O–H groups in total. The molecular formula is C15H20N4O2. The van der Waals surface area contributed by atoms with Gasteiger partial charge in [0.1, 0.15) is 5.75 Å². The van der Waals surface area contributed by atoms with E-state index in [9.17, 15) is 4.79 Å². The molecule has 1 aromatic carbocycles. The van der Waals surface area contributed by atoms with Crippen LogP contribution in [0, 0.1) is 0 Å². The van der Waals surface area contributed by atoms with Gasteiger partial charge in [-0.3, -0.25) is 4.79 Å². The lowest BCUT2D eigenvalue weighted by Gasteiger charge is -2.23. The van der Waals surface area contributed by atoms with E-state index in [1.165, 1.54) is 4.57 Å². The van der Waals surface area contributed by atoms with Crippen LogP contribution >= 0.6 is 0 Å². The van der Waals surface area contributed by atoms with Crippen LogP contribution in [0.1, 0.15) is 6.42 Å². The SMILES string of the molecule is COc1cccc(N(CCCN)c2nccn(C)c2=O)c1. The molecule has 0 aliphatic heterocycles. The summed E-state index contributed by atoms with van der Waals surface area (Å²) in [6, 6.07) is 7.55. The van der Waals surface area contributed by atoms with Gasteiger partial charge in [-0.2, -0.15) is 0 Å². The Kier molecular flexibility index (Phi) is 4.94. The third-order valence-electron chi connectivity index (χ3n) is 3.21. The van der Waals surface area contributed by atoms with E-state index in [4.69, 9.17) is 10.5 Å². The summed E-state index contributed by atoms with van der Waals surface area (Å²) in [4.78, 5) is 18.4. The second kappa shape index (κ2) is 6.90. The maximum absolute atomic E-state index is 12.3. The van der Waals surface area contributed by atoms with E-state index in [-0.39, 0.29) is 5.56 Å². The van der Waals surface area contributed by atoms with Crippen molar-refractivity contribution in [3.8, 4) is 5.75 Å². The molecule has 0 radical (unpaired) electrons. The largest absolute Gasteiger partial charge is 0.497 e. The summed E-state index contributed by atoms with van der Waals surface area (Å²) >= 11 is 0. The van der Waals surface area contributed by atoms with Crippen LogP contribution in [-0.4, -0.2) is 29.8 Å². The van der Waals surface area contributed by atoms with Gasteiger partial charge in [-0.25, -0.2) is 4.98 Å². The fraction of sp³-hybridized carbons (Fsp3) is 0.333. The first-order valence-electron chi connectivity index (χ1n) is 6.80. The van der Waals surface area contributed by atoms with E-state index in [0.29, 0.717) is 18.9 Å². The lowest BCUT2D eigenvalue weighted by Crippen LogP contribution is -2.30. The quantitative estimate of drug-likeness (QED) is 0.866. The van der Waals surface area contributed by atoms with E-state index in [1.54, 1.807) is 26.6 Å². The van der Waals surface area contributed by atoms with Crippen molar-refractivity contribution in [1.29, 1.82) is 0 Å². The smallest absolute Gasteiger partial charge is 0.293 e. The lowest BCUT2D eigenvalue weighted by atomic mass is 10.2. The molecule has 0 atom stereocenters. The number of nitrogens with zero attached hydrogens (tertiary/aromatic N) is 3. The van der Waals surface area contributed by atoms with Gasteiger partial charge in [-0.1, -0.05) is 6.07 Å². The summed E-state index contributed by atoms with van der Waals surface area (Å²) in [7, 11) is 3.32. The third kappa shape index (κ3) is 3.41. The number of methoxy groups -OCH3 is 1. The number of hydrogen-bond donors (Lipinski definition) is 1. The molecule has 2 aromatic rings. The monoisotopic (exact) mass is 288 g/mol. The predicted molar refractivity (Wildman–Crippen MR) is 83.1 cm³/mol. The van der Waals surface area contributed by atoms with Gasteiger partial charge >= 0.3 is 0 Å². The number of ether oxygens (including phenoxy) is 1. The van der Waals surface area contributed by atoms with Gasteiger partial charge in [0.2, 0.25) is 0 Å². The molecular weight excluding hydrogens is 268 g/mol. The number of anilines is 2. The molecule has 0 saturated carbocycles. The zero-order chi connectivity index (χ0) is 15.2. The molecule has 2 rings (SSSR count). The topological polar surface area (TPSA) is 73.4 Å². The Bertz CT molecular complexity index is 654. The van der Waals surface area contributed by atoms with E-state index in [1.807, 2.05) is 29.2 Å². The Morgan fingerprint density at radius 3 is 2.95 bits per heavy atom. The highest BCUT2D eigenvalue weighted by Crippen LogP contribution is 2.25. The van der Waals surface area contributed by atoms with Crippen molar-refractivity contribution in [3.05, 3.63) is 47.0 Å². The molecule has 112 valence electrons. The van der Waals surface area contributed by atoms with Crippen LogP contribution in [0.2, 0.25) is 0 Å². The zero-order valence-electron chi connectivity index (χ0n) is 12.3. The van der Waals surface area contributed by atoms with Crippen LogP contribution in [0.25, 0.3) is 0 Å². The van der Waals surface area contributed by atoms with Crippen LogP contribution in [0.5, 0.6) is 5.75 Å². The average molecular weight is 288 g/mol. The van der Waals surface area contributed by atoms with Crippen LogP contribution in [-0.2, 0) is 7.05 Å². The van der Waals surface area contributed by atoms with Gasteiger partial charge in [-0.15, -0.1) is 0 Å². The molecule has 0 aliphatic carbocycles. The molecule has 1 aromatic heterocycles. The van der Waals surface area contributed by atoms with Crippen LogP contribution in [0.4, 0.5) is 11.5 Å². The van der Waals surface area contributed by atoms with Gasteiger partial charge in [0.15, 0.2) is 5.82 Å². The number of aryl methyl sites for hydroxylation is 1. The van der Waals surface area contributed by atoms with E-state index < -0.39 is 0 Å². The highest BCUT2D eigenvalue weighted by atomic mass is 16.5. The average Bonchev–Trinajstić information content (AvgIpc) is 2.52. The molecule has 6 nitrogen and oxygen atoms in total. The van der Waals surface area contributed by atoms with Crippen molar-refractivity contribution in [2.75, 3.05) is 25.1 Å². The highest BCUT2D eigenvalue weighted by Gasteiger charge is 2.15. The van der Waals surface area contributed by atoms with Crippen molar-refractivity contribution < 1.29 is 4.74 Å². The van der Waals surface area contributed by atoms with Crippen molar-refractivity contribution in [2.24, 2.45) is 12.8 Å². The van der Waals surface area contributed by atoms with Crippen molar-refractivity contribution in [1.82, 2.24) is 9.55 Å². The number of aromatic nitrogens is 2. The summed E-state index contributed by atoms with van der Waals surface area (Å²) in [6.45, 7) is 1.17. The van der Waals surface area contributed by atoms with Gasteiger partial charge in [0, 0.05) is 37.7 Å². The summed E-state index contributed by atoms with van der Waals surface area (Å²) in [5.41, 5.74) is 6.32. The van der Waals surface area contributed by atoms with Crippen molar-refractivity contribution >= 4 is 11.5 Å². The Hall–Kier alpha value is -2.34. The first-order chi connectivity index (χ1) is 10.2. The molecule has 21 heavy (non-hydrogen) atoms. The number of hydrogen-bond acceptors (Lipinski definition) is 5. The first kappa shape index (κ1) is 15.1. The minimum Gasteiger partial charge on any atom is -0.497 e. The Balaban J connectivity index is 2.47. The normalized spacial score (nSPS) is 10.4. The summed E-state index contributed by atoms with van der Waals surface area (Å²) in [5.74, 6) is 1.12. The van der Waals surface area contributed by atoms with E-state index in [0.717, 1.165) is 17.9 Å². The fourth-order valence-corrected chi connectivity index (χ4v) is 2.05. The summed E-state index contributed by atoms with van der Waals surface area (Å²) < 4.78 is 6.76. The first-order valence-corrected chi connectivity index (χ1v) is 6.80. The minimum atomic E-state index is -0.141. The number of nitrogens with two attached hydrogens (primary N) is 1. The van der Waals surface area contributed by atoms with Crippen LogP contribution in [0.15, 0.2) is 41.5 Å². The summed E-state index contributed by atoms with van der Waals surface area (Å²) in [6.07, 6.45) is 4.02. The lowest BCUT2D eigenvalue weighted by molar-refractivity contribution is 0.415. The molecule has 0 aliphatic rings. The maximum Gasteiger partial charge on any atom is 0.293 e. The van der Waals surface area contributed by atoms with E-state index >= 15 is 0 Å². The highest BCUT2D eigenvalue weighted by molar-refractivity contribution is 5.61. The summed E-state index contributed by atoms with van der Waals surface area (Å²) in [5, 5.41) is 0. The zero-order valence-corrected chi connectivity index (χ0v) is 12.3.